The van der Waals surface area contributed by atoms with Crippen LogP contribution < -0.4 is 9.47 Å². The van der Waals surface area contributed by atoms with Gasteiger partial charge in [-0.15, -0.1) is 0 Å². The van der Waals surface area contributed by atoms with Crippen molar-refractivity contribution in [2.75, 3.05) is 14.2 Å². The zero-order valence-electron chi connectivity index (χ0n) is 12.2. The number of thioether (sulfide) groups is 1. The number of nitrogens with zero attached hydrogens (tertiary/aromatic N) is 1. The maximum absolute atomic E-state index is 5.40. The number of halogens is 1. The Hall–Kier alpha value is -1.66. The topological polar surface area (TPSA) is 47.1 Å². The van der Waals surface area contributed by atoms with Crippen LogP contribution in [0.25, 0.3) is 11.0 Å². The molecule has 3 rings (SSSR count). The molecule has 4 nitrogen and oxygen atoms in total. The van der Waals surface area contributed by atoms with E-state index in [4.69, 9.17) is 9.47 Å². The van der Waals surface area contributed by atoms with Crippen molar-refractivity contribution < 1.29 is 9.47 Å². The fourth-order valence-corrected chi connectivity index (χ4v) is 3.88. The highest BCUT2D eigenvalue weighted by atomic mass is 79.9. The number of methoxy groups -OCH3 is 2. The molecule has 0 amide bonds. The molecule has 1 aromatic heterocycles. The molecule has 0 radical (unpaired) electrons. The number of ether oxygens (including phenoxy) is 2. The van der Waals surface area contributed by atoms with E-state index in [1.807, 2.05) is 36.4 Å². The third-order valence-corrected chi connectivity index (χ3v) is 5.09. The van der Waals surface area contributed by atoms with Crippen LogP contribution >= 0.6 is 27.7 Å². The largest absolute Gasteiger partial charge is 0.493 e. The van der Waals surface area contributed by atoms with E-state index in [0.717, 1.165) is 32.0 Å². The minimum Gasteiger partial charge on any atom is -0.493 e. The van der Waals surface area contributed by atoms with Crippen molar-refractivity contribution in [1.82, 2.24) is 9.97 Å². The van der Waals surface area contributed by atoms with Gasteiger partial charge in [-0.1, -0.05) is 30.0 Å². The van der Waals surface area contributed by atoms with E-state index < -0.39 is 0 Å². The highest BCUT2D eigenvalue weighted by Gasteiger charge is 2.13. The minimum atomic E-state index is 0.713. The van der Waals surface area contributed by atoms with Crippen LogP contribution in [0.3, 0.4) is 0 Å². The van der Waals surface area contributed by atoms with Crippen molar-refractivity contribution in [2.24, 2.45) is 0 Å². The highest BCUT2D eigenvalue weighted by molar-refractivity contribution is 9.10. The van der Waals surface area contributed by atoms with E-state index >= 15 is 0 Å². The van der Waals surface area contributed by atoms with E-state index in [0.29, 0.717) is 11.5 Å². The summed E-state index contributed by atoms with van der Waals surface area (Å²) in [5, 5.41) is 0.905. The van der Waals surface area contributed by atoms with Crippen molar-refractivity contribution in [3.63, 3.8) is 0 Å². The van der Waals surface area contributed by atoms with Crippen LogP contribution in [0.4, 0.5) is 0 Å². The van der Waals surface area contributed by atoms with E-state index in [9.17, 15) is 0 Å². The van der Waals surface area contributed by atoms with Crippen LogP contribution in [-0.4, -0.2) is 24.2 Å². The van der Waals surface area contributed by atoms with Crippen molar-refractivity contribution in [3.05, 3.63) is 46.4 Å². The third-order valence-electron chi connectivity index (χ3n) is 3.30. The monoisotopic (exact) mass is 378 g/mol. The lowest BCUT2D eigenvalue weighted by Gasteiger charge is -2.12. The van der Waals surface area contributed by atoms with E-state index in [-0.39, 0.29) is 0 Å². The van der Waals surface area contributed by atoms with Gasteiger partial charge in [-0.25, -0.2) is 4.98 Å². The van der Waals surface area contributed by atoms with Gasteiger partial charge in [0, 0.05) is 5.75 Å². The van der Waals surface area contributed by atoms with Crippen LogP contribution in [0.5, 0.6) is 11.5 Å². The summed E-state index contributed by atoms with van der Waals surface area (Å²) in [5.74, 6) is 2.21. The molecule has 0 spiro atoms. The maximum Gasteiger partial charge on any atom is 0.175 e. The number of fused-ring (bicyclic) bond motifs is 1. The second-order valence-corrected chi connectivity index (χ2v) is 6.38. The number of imidazole rings is 1. The molecule has 0 bridgehead atoms. The first-order valence-electron chi connectivity index (χ1n) is 6.70. The van der Waals surface area contributed by atoms with Crippen molar-refractivity contribution in [3.8, 4) is 11.5 Å². The molecule has 114 valence electrons. The SMILES string of the molecule is COc1ccc(CSc2nc3ccccc3[nH]2)c(Br)c1OC. The van der Waals surface area contributed by atoms with Crippen LogP contribution in [0.2, 0.25) is 0 Å². The molecule has 0 atom stereocenters. The molecule has 3 aromatic rings. The Morgan fingerprint density at radius 2 is 1.95 bits per heavy atom. The molecular formula is C16H15BrN2O2S. The van der Waals surface area contributed by atoms with E-state index in [1.54, 1.807) is 26.0 Å². The van der Waals surface area contributed by atoms with Crippen molar-refractivity contribution in [1.29, 1.82) is 0 Å². The zero-order valence-corrected chi connectivity index (χ0v) is 14.6. The zero-order chi connectivity index (χ0) is 15.5. The number of rotatable bonds is 5. The Balaban J connectivity index is 1.81. The molecule has 0 unspecified atom stereocenters. The summed E-state index contributed by atoms with van der Waals surface area (Å²) in [6.07, 6.45) is 0. The summed E-state index contributed by atoms with van der Waals surface area (Å²) < 4.78 is 11.6. The third kappa shape index (κ3) is 2.94. The first kappa shape index (κ1) is 15.2. The summed E-state index contributed by atoms with van der Waals surface area (Å²) in [7, 11) is 3.27. The fourth-order valence-electron chi connectivity index (χ4n) is 2.19. The second-order valence-electron chi connectivity index (χ2n) is 4.62. The van der Waals surface area contributed by atoms with Crippen molar-refractivity contribution in [2.45, 2.75) is 10.9 Å². The van der Waals surface area contributed by atoms with E-state index in [1.165, 1.54) is 0 Å². The van der Waals surface area contributed by atoms with Gasteiger partial charge in [-0.3, -0.25) is 0 Å². The van der Waals surface area contributed by atoms with Gasteiger partial charge in [0.1, 0.15) is 0 Å². The lowest BCUT2D eigenvalue weighted by molar-refractivity contribution is 0.353. The Bertz CT molecular complexity index is 771. The summed E-state index contributed by atoms with van der Waals surface area (Å²) in [4.78, 5) is 7.89. The molecule has 1 heterocycles. The van der Waals surface area contributed by atoms with Gasteiger partial charge in [-0.2, -0.15) is 0 Å². The number of nitrogens with one attached hydrogen (secondary N) is 1. The van der Waals surface area contributed by atoms with Crippen molar-refractivity contribution >= 4 is 38.7 Å². The van der Waals surface area contributed by atoms with Gasteiger partial charge < -0.3 is 14.5 Å². The minimum absolute atomic E-state index is 0.713. The number of para-hydroxylation sites is 2. The first-order chi connectivity index (χ1) is 10.7. The fraction of sp³-hybridized carbons (Fsp3) is 0.188. The van der Waals surface area contributed by atoms with Gasteiger partial charge in [0.05, 0.1) is 29.7 Å². The Kier molecular flexibility index (Phi) is 4.59. The average molecular weight is 379 g/mol. The molecule has 0 saturated heterocycles. The van der Waals surface area contributed by atoms with Crippen LogP contribution in [-0.2, 0) is 5.75 Å². The van der Waals surface area contributed by atoms with Gasteiger partial charge in [0.25, 0.3) is 0 Å². The van der Waals surface area contributed by atoms with E-state index in [2.05, 4.69) is 25.9 Å². The molecule has 2 aromatic carbocycles. The molecule has 0 aliphatic rings. The maximum atomic E-state index is 5.40. The number of hydrogen-bond donors (Lipinski definition) is 1. The van der Waals surface area contributed by atoms with Crippen LogP contribution in [0.1, 0.15) is 5.56 Å². The van der Waals surface area contributed by atoms with Gasteiger partial charge in [0.2, 0.25) is 0 Å². The Morgan fingerprint density at radius 3 is 2.68 bits per heavy atom. The lowest BCUT2D eigenvalue weighted by atomic mass is 10.2. The summed E-state index contributed by atoms with van der Waals surface area (Å²) >= 11 is 5.25. The lowest BCUT2D eigenvalue weighted by Crippen LogP contribution is -1.94. The number of H-pyrrole nitrogens is 1. The first-order valence-corrected chi connectivity index (χ1v) is 8.47. The highest BCUT2D eigenvalue weighted by Crippen LogP contribution is 2.39. The summed E-state index contributed by atoms with van der Waals surface area (Å²) in [5.41, 5.74) is 3.16. The smallest absolute Gasteiger partial charge is 0.175 e. The molecule has 22 heavy (non-hydrogen) atoms. The normalized spacial score (nSPS) is 10.9. The molecule has 0 saturated carbocycles. The molecule has 0 aliphatic carbocycles. The van der Waals surface area contributed by atoms with Crippen LogP contribution in [0, 0.1) is 0 Å². The summed E-state index contributed by atoms with van der Waals surface area (Å²) in [6, 6.07) is 12.0. The van der Waals surface area contributed by atoms with Gasteiger partial charge in [-0.05, 0) is 39.7 Å². The number of aromatic nitrogens is 2. The predicted octanol–water partition coefficient (Wildman–Crippen LogP) is 4.63. The summed E-state index contributed by atoms with van der Waals surface area (Å²) in [6.45, 7) is 0. The number of benzene rings is 2. The molecule has 0 aliphatic heterocycles. The number of hydrogen-bond acceptors (Lipinski definition) is 4. The van der Waals surface area contributed by atoms with Crippen LogP contribution in [0.15, 0.2) is 46.0 Å². The quantitative estimate of drug-likeness (QED) is 0.657. The van der Waals surface area contributed by atoms with Gasteiger partial charge in [0.15, 0.2) is 16.7 Å². The standard InChI is InChI=1S/C16H15BrN2O2S/c1-20-13-8-7-10(14(17)15(13)21-2)9-22-16-18-11-5-3-4-6-12(11)19-16/h3-8H,9H2,1-2H3,(H,18,19). The predicted molar refractivity (Wildman–Crippen MR) is 92.9 cm³/mol. The molecule has 0 fully saturated rings. The number of aromatic amines is 1. The Morgan fingerprint density at radius 1 is 1.14 bits per heavy atom. The van der Waals surface area contributed by atoms with Gasteiger partial charge >= 0.3 is 0 Å². The Labute approximate surface area is 141 Å². The molecule has 6 heteroatoms. The molecule has 1 N–H and O–H groups in total. The second kappa shape index (κ2) is 6.62. The molecular weight excluding hydrogens is 364 g/mol. The average Bonchev–Trinajstić information content (AvgIpc) is 2.96.